The fraction of sp³-hybridized carbons (Fsp3) is 0.462. The molecule has 114 valence electrons. The average Bonchev–Trinajstić information content (AvgIpc) is 2.36. The predicted molar refractivity (Wildman–Crippen MR) is 69.1 cm³/mol. The smallest absolute Gasteiger partial charge is 0.304 e. The first-order chi connectivity index (χ1) is 9.54. The van der Waals surface area contributed by atoms with Gasteiger partial charge in [-0.3, -0.25) is 14.9 Å². The van der Waals surface area contributed by atoms with Crippen molar-refractivity contribution in [2.45, 2.75) is 31.9 Å². The van der Waals surface area contributed by atoms with E-state index in [1.807, 2.05) is 0 Å². The lowest BCUT2D eigenvalue weighted by molar-refractivity contribution is -0.385. The van der Waals surface area contributed by atoms with E-state index >= 15 is 0 Å². The number of benzene rings is 1. The summed E-state index contributed by atoms with van der Waals surface area (Å²) < 4.78 is 37.9. The predicted octanol–water partition coefficient (Wildman–Crippen LogP) is 3.17. The standard InChI is InChI=1S/C13H13F3N2O3/c1-12(2)5-6-17(11(19)13(14,15)16)10-4-3-8(18(20)21)7-9(10)12/h3-4,7H,5-6H2,1-2H3. The van der Waals surface area contributed by atoms with E-state index in [4.69, 9.17) is 0 Å². The van der Waals surface area contributed by atoms with Crippen molar-refractivity contribution in [3.63, 3.8) is 0 Å². The van der Waals surface area contributed by atoms with E-state index < -0.39 is 22.4 Å². The lowest BCUT2D eigenvalue weighted by Gasteiger charge is -2.39. The summed E-state index contributed by atoms with van der Waals surface area (Å²) in [6.45, 7) is 3.49. The normalized spacial score (nSPS) is 17.3. The zero-order valence-electron chi connectivity index (χ0n) is 11.4. The number of anilines is 1. The van der Waals surface area contributed by atoms with Crippen LogP contribution in [0.25, 0.3) is 0 Å². The third kappa shape index (κ3) is 2.70. The van der Waals surface area contributed by atoms with Gasteiger partial charge < -0.3 is 4.90 Å². The van der Waals surface area contributed by atoms with Gasteiger partial charge in [0.15, 0.2) is 0 Å². The van der Waals surface area contributed by atoms with Crippen LogP contribution in [0.3, 0.4) is 0 Å². The molecule has 0 aliphatic carbocycles. The van der Waals surface area contributed by atoms with Crippen molar-refractivity contribution in [3.05, 3.63) is 33.9 Å². The molecule has 5 nitrogen and oxygen atoms in total. The number of rotatable bonds is 1. The summed E-state index contributed by atoms with van der Waals surface area (Å²) in [6, 6.07) is 3.56. The van der Waals surface area contributed by atoms with Crippen LogP contribution in [-0.2, 0) is 10.2 Å². The van der Waals surface area contributed by atoms with Crippen LogP contribution in [0.1, 0.15) is 25.8 Å². The Morgan fingerprint density at radius 3 is 2.52 bits per heavy atom. The number of fused-ring (bicyclic) bond motifs is 1. The van der Waals surface area contributed by atoms with Gasteiger partial charge in [0, 0.05) is 24.4 Å². The van der Waals surface area contributed by atoms with Gasteiger partial charge in [0.25, 0.3) is 5.69 Å². The summed E-state index contributed by atoms with van der Waals surface area (Å²) in [5.74, 6) is -1.95. The van der Waals surface area contributed by atoms with Crippen LogP contribution in [0, 0.1) is 10.1 Å². The number of alkyl halides is 3. The van der Waals surface area contributed by atoms with Gasteiger partial charge in [-0.15, -0.1) is 0 Å². The number of non-ortho nitro benzene ring substituents is 1. The Kier molecular flexibility index (Phi) is 3.43. The van der Waals surface area contributed by atoms with E-state index in [0.29, 0.717) is 16.9 Å². The van der Waals surface area contributed by atoms with Gasteiger partial charge in [-0.1, -0.05) is 13.8 Å². The number of nitro benzene ring substituents is 1. The van der Waals surface area contributed by atoms with Crippen LogP contribution in [0.5, 0.6) is 0 Å². The molecule has 1 heterocycles. The number of carbonyl (C=O) groups excluding carboxylic acids is 1. The minimum atomic E-state index is -4.97. The zero-order chi connectivity index (χ0) is 16.0. The quantitative estimate of drug-likeness (QED) is 0.591. The highest BCUT2D eigenvalue weighted by Crippen LogP contribution is 2.42. The van der Waals surface area contributed by atoms with Crippen LogP contribution in [0.15, 0.2) is 18.2 Å². The minimum absolute atomic E-state index is 0.0733. The first-order valence-corrected chi connectivity index (χ1v) is 6.21. The zero-order valence-corrected chi connectivity index (χ0v) is 11.4. The fourth-order valence-electron chi connectivity index (χ4n) is 2.43. The second-order valence-corrected chi connectivity index (χ2v) is 5.55. The van der Waals surface area contributed by atoms with E-state index in [-0.39, 0.29) is 17.9 Å². The van der Waals surface area contributed by atoms with Crippen LogP contribution in [-0.4, -0.2) is 23.6 Å². The molecule has 0 N–H and O–H groups in total. The first-order valence-electron chi connectivity index (χ1n) is 6.21. The molecule has 0 spiro atoms. The van der Waals surface area contributed by atoms with Crippen molar-refractivity contribution in [1.82, 2.24) is 0 Å². The average molecular weight is 302 g/mol. The molecule has 0 atom stereocenters. The molecular weight excluding hydrogens is 289 g/mol. The number of nitrogens with zero attached hydrogens (tertiary/aromatic N) is 2. The SMILES string of the molecule is CC1(C)CCN(C(=O)C(F)(F)F)c2ccc([N+](=O)[O-])cc21. The van der Waals surface area contributed by atoms with Crippen LogP contribution >= 0.6 is 0 Å². The Balaban J connectivity index is 2.55. The maximum atomic E-state index is 12.6. The van der Waals surface area contributed by atoms with Gasteiger partial charge in [0.1, 0.15) is 0 Å². The topological polar surface area (TPSA) is 63.5 Å². The summed E-state index contributed by atoms with van der Waals surface area (Å²) in [4.78, 5) is 22.3. The number of amides is 1. The molecule has 1 amide bonds. The van der Waals surface area contributed by atoms with E-state index in [1.54, 1.807) is 13.8 Å². The van der Waals surface area contributed by atoms with Gasteiger partial charge >= 0.3 is 12.1 Å². The number of nitro groups is 1. The minimum Gasteiger partial charge on any atom is -0.304 e. The summed E-state index contributed by atoms with van der Waals surface area (Å²) in [7, 11) is 0. The van der Waals surface area contributed by atoms with E-state index in [9.17, 15) is 28.1 Å². The largest absolute Gasteiger partial charge is 0.471 e. The summed E-state index contributed by atoms with van der Waals surface area (Å²) >= 11 is 0. The second-order valence-electron chi connectivity index (χ2n) is 5.55. The molecule has 0 fully saturated rings. The van der Waals surface area contributed by atoms with Crippen molar-refractivity contribution in [2.24, 2.45) is 0 Å². The number of hydrogen-bond donors (Lipinski definition) is 0. The van der Waals surface area contributed by atoms with Gasteiger partial charge in [0.2, 0.25) is 0 Å². The Bertz CT molecular complexity index is 611. The van der Waals surface area contributed by atoms with Gasteiger partial charge in [-0.05, 0) is 23.5 Å². The number of carbonyl (C=O) groups is 1. The van der Waals surface area contributed by atoms with Crippen LogP contribution in [0.2, 0.25) is 0 Å². The summed E-state index contributed by atoms with van der Waals surface area (Å²) in [6.07, 6.45) is -4.68. The Labute approximate surface area is 118 Å². The van der Waals surface area contributed by atoms with E-state index in [1.165, 1.54) is 12.1 Å². The molecule has 1 aliphatic rings. The molecule has 0 radical (unpaired) electrons. The third-order valence-corrected chi connectivity index (χ3v) is 3.66. The lowest BCUT2D eigenvalue weighted by Crippen LogP contribution is -2.46. The maximum Gasteiger partial charge on any atom is 0.471 e. The highest BCUT2D eigenvalue weighted by Gasteiger charge is 2.46. The maximum absolute atomic E-state index is 12.6. The summed E-state index contributed by atoms with van der Waals surface area (Å²) in [5.41, 5.74) is -0.285. The van der Waals surface area contributed by atoms with Gasteiger partial charge in [0.05, 0.1) is 4.92 Å². The van der Waals surface area contributed by atoms with Gasteiger partial charge in [-0.2, -0.15) is 13.2 Å². The van der Waals surface area contributed by atoms with E-state index in [2.05, 4.69) is 0 Å². The molecule has 2 rings (SSSR count). The lowest BCUT2D eigenvalue weighted by atomic mass is 9.77. The Morgan fingerprint density at radius 1 is 1.38 bits per heavy atom. The van der Waals surface area contributed by atoms with E-state index in [0.717, 1.165) is 6.07 Å². The van der Waals surface area contributed by atoms with Gasteiger partial charge in [-0.25, -0.2) is 0 Å². The Morgan fingerprint density at radius 2 is 2.00 bits per heavy atom. The number of halogens is 3. The highest BCUT2D eigenvalue weighted by atomic mass is 19.4. The van der Waals surface area contributed by atoms with Crippen molar-refractivity contribution in [3.8, 4) is 0 Å². The fourth-order valence-corrected chi connectivity index (χ4v) is 2.43. The molecule has 1 aromatic carbocycles. The van der Waals surface area contributed by atoms with Crippen LogP contribution in [0.4, 0.5) is 24.5 Å². The molecule has 1 aromatic rings. The Hall–Kier alpha value is -2.12. The first kappa shape index (κ1) is 15.3. The molecule has 0 saturated heterocycles. The van der Waals surface area contributed by atoms with Crippen molar-refractivity contribution in [1.29, 1.82) is 0 Å². The highest BCUT2D eigenvalue weighted by molar-refractivity contribution is 5.98. The summed E-state index contributed by atoms with van der Waals surface area (Å²) in [5, 5.41) is 10.8. The van der Waals surface area contributed by atoms with Crippen molar-refractivity contribution < 1.29 is 22.9 Å². The molecule has 21 heavy (non-hydrogen) atoms. The molecule has 1 aliphatic heterocycles. The monoisotopic (exact) mass is 302 g/mol. The molecule has 0 bridgehead atoms. The molecule has 0 aromatic heterocycles. The molecular formula is C13H13F3N2O3. The third-order valence-electron chi connectivity index (χ3n) is 3.66. The molecule has 8 heteroatoms. The molecule has 0 unspecified atom stereocenters. The number of hydrogen-bond acceptors (Lipinski definition) is 3. The van der Waals surface area contributed by atoms with Crippen molar-refractivity contribution >= 4 is 17.3 Å². The second kappa shape index (κ2) is 4.71. The van der Waals surface area contributed by atoms with Crippen molar-refractivity contribution in [2.75, 3.05) is 11.4 Å². The molecule has 0 saturated carbocycles. The van der Waals surface area contributed by atoms with Crippen LogP contribution < -0.4 is 4.90 Å².